The van der Waals surface area contributed by atoms with Gasteiger partial charge in [0.15, 0.2) is 6.10 Å². The molecule has 14 heavy (non-hydrogen) atoms. The van der Waals surface area contributed by atoms with E-state index in [0.717, 1.165) is 10.0 Å². The van der Waals surface area contributed by atoms with E-state index in [2.05, 4.69) is 15.9 Å². The Morgan fingerprint density at radius 3 is 2.71 bits per heavy atom. The van der Waals surface area contributed by atoms with E-state index in [4.69, 9.17) is 9.84 Å². The Kier molecular flexibility index (Phi) is 3.52. The van der Waals surface area contributed by atoms with Gasteiger partial charge in [0.2, 0.25) is 0 Å². The standard InChI is InChI=1S/C10H11BrO3/c1-6-5-8(3-4-9(6)11)14-7(2)10(12)13/h3-5,7H,1-2H3,(H,12,13)/t7-/m1/s1. The summed E-state index contributed by atoms with van der Waals surface area (Å²) in [5, 5.41) is 8.63. The highest BCUT2D eigenvalue weighted by molar-refractivity contribution is 9.10. The first kappa shape index (κ1) is 11.0. The minimum atomic E-state index is -0.967. The predicted molar refractivity (Wildman–Crippen MR) is 56.6 cm³/mol. The summed E-state index contributed by atoms with van der Waals surface area (Å²) < 4.78 is 6.17. The van der Waals surface area contributed by atoms with Crippen LogP contribution in [-0.2, 0) is 4.79 Å². The SMILES string of the molecule is Cc1cc(O[C@H](C)C(=O)O)ccc1Br. The maximum Gasteiger partial charge on any atom is 0.344 e. The molecule has 0 aliphatic rings. The van der Waals surface area contributed by atoms with Crippen LogP contribution in [0.25, 0.3) is 0 Å². The molecule has 0 fully saturated rings. The minimum absolute atomic E-state index is 0.570. The summed E-state index contributed by atoms with van der Waals surface area (Å²) in [6, 6.07) is 5.36. The van der Waals surface area contributed by atoms with E-state index in [1.54, 1.807) is 12.1 Å². The second kappa shape index (κ2) is 4.46. The van der Waals surface area contributed by atoms with Crippen LogP contribution < -0.4 is 4.74 Å². The smallest absolute Gasteiger partial charge is 0.344 e. The highest BCUT2D eigenvalue weighted by Gasteiger charge is 2.12. The molecule has 0 spiro atoms. The largest absolute Gasteiger partial charge is 0.479 e. The Morgan fingerprint density at radius 1 is 1.57 bits per heavy atom. The van der Waals surface area contributed by atoms with Crippen molar-refractivity contribution in [3.63, 3.8) is 0 Å². The molecule has 0 amide bonds. The lowest BCUT2D eigenvalue weighted by Gasteiger charge is -2.11. The second-order valence-electron chi connectivity index (χ2n) is 3.01. The van der Waals surface area contributed by atoms with Gasteiger partial charge < -0.3 is 9.84 Å². The number of hydrogen-bond donors (Lipinski definition) is 1. The summed E-state index contributed by atoms with van der Waals surface area (Å²) in [5.74, 6) is -0.397. The molecule has 1 rings (SSSR count). The van der Waals surface area contributed by atoms with Gasteiger partial charge >= 0.3 is 5.97 Å². The molecule has 0 aromatic heterocycles. The van der Waals surface area contributed by atoms with Crippen LogP contribution in [0.15, 0.2) is 22.7 Å². The molecule has 0 radical (unpaired) electrons. The van der Waals surface area contributed by atoms with Gasteiger partial charge in [-0.05, 0) is 37.6 Å². The molecule has 76 valence electrons. The van der Waals surface area contributed by atoms with Crippen molar-refractivity contribution in [2.45, 2.75) is 20.0 Å². The van der Waals surface area contributed by atoms with E-state index in [9.17, 15) is 4.79 Å². The lowest BCUT2D eigenvalue weighted by Crippen LogP contribution is -2.22. The van der Waals surface area contributed by atoms with Crippen LogP contribution >= 0.6 is 15.9 Å². The Bertz CT molecular complexity index is 349. The van der Waals surface area contributed by atoms with Gasteiger partial charge in [0, 0.05) is 4.47 Å². The van der Waals surface area contributed by atoms with Gasteiger partial charge in [-0.15, -0.1) is 0 Å². The summed E-state index contributed by atoms with van der Waals surface area (Å²) in [6.45, 7) is 3.42. The number of hydrogen-bond acceptors (Lipinski definition) is 2. The molecule has 0 aliphatic heterocycles. The maximum atomic E-state index is 10.5. The van der Waals surface area contributed by atoms with Crippen LogP contribution in [0.2, 0.25) is 0 Å². The van der Waals surface area contributed by atoms with Gasteiger partial charge in [0.05, 0.1) is 0 Å². The van der Waals surface area contributed by atoms with Crippen molar-refractivity contribution in [1.29, 1.82) is 0 Å². The van der Waals surface area contributed by atoms with Crippen molar-refractivity contribution >= 4 is 21.9 Å². The van der Waals surface area contributed by atoms with Crippen molar-refractivity contribution in [3.8, 4) is 5.75 Å². The van der Waals surface area contributed by atoms with E-state index >= 15 is 0 Å². The van der Waals surface area contributed by atoms with Gasteiger partial charge in [-0.2, -0.15) is 0 Å². The second-order valence-corrected chi connectivity index (χ2v) is 3.86. The Labute approximate surface area is 90.8 Å². The molecule has 1 aromatic carbocycles. The number of ether oxygens (including phenoxy) is 1. The summed E-state index contributed by atoms with van der Waals surface area (Å²) in [4.78, 5) is 10.5. The van der Waals surface area contributed by atoms with E-state index in [1.165, 1.54) is 6.92 Å². The number of benzene rings is 1. The van der Waals surface area contributed by atoms with Crippen LogP contribution in [0.4, 0.5) is 0 Å². The molecular formula is C10H11BrO3. The fourth-order valence-corrected chi connectivity index (χ4v) is 1.19. The van der Waals surface area contributed by atoms with Gasteiger partial charge in [0.25, 0.3) is 0 Å². The number of aryl methyl sites for hydroxylation is 1. The van der Waals surface area contributed by atoms with Crippen molar-refractivity contribution < 1.29 is 14.6 Å². The van der Waals surface area contributed by atoms with Crippen LogP contribution in [0, 0.1) is 6.92 Å². The normalized spacial score (nSPS) is 12.2. The number of carboxylic acid groups (broad SMARTS) is 1. The molecule has 1 N–H and O–H groups in total. The number of carboxylic acids is 1. The van der Waals surface area contributed by atoms with Gasteiger partial charge in [-0.1, -0.05) is 15.9 Å². The Morgan fingerprint density at radius 2 is 2.21 bits per heavy atom. The highest BCUT2D eigenvalue weighted by Crippen LogP contribution is 2.22. The molecular weight excluding hydrogens is 248 g/mol. The molecule has 0 saturated heterocycles. The van der Waals surface area contributed by atoms with E-state index in [-0.39, 0.29) is 0 Å². The summed E-state index contributed by atoms with van der Waals surface area (Å²) in [5.41, 5.74) is 1.01. The lowest BCUT2D eigenvalue weighted by molar-refractivity contribution is -0.144. The van der Waals surface area contributed by atoms with E-state index in [0.29, 0.717) is 5.75 Å². The number of carbonyl (C=O) groups is 1. The summed E-state index contributed by atoms with van der Waals surface area (Å²) in [6.07, 6.45) is -0.824. The predicted octanol–water partition coefficient (Wildman–Crippen LogP) is 2.61. The lowest BCUT2D eigenvalue weighted by atomic mass is 10.2. The quantitative estimate of drug-likeness (QED) is 0.907. The topological polar surface area (TPSA) is 46.5 Å². The minimum Gasteiger partial charge on any atom is -0.479 e. The Balaban J connectivity index is 2.78. The van der Waals surface area contributed by atoms with Crippen LogP contribution in [0.3, 0.4) is 0 Å². The van der Waals surface area contributed by atoms with Crippen molar-refractivity contribution in [1.82, 2.24) is 0 Å². The fraction of sp³-hybridized carbons (Fsp3) is 0.300. The number of halogens is 1. The first-order valence-electron chi connectivity index (χ1n) is 4.16. The van der Waals surface area contributed by atoms with Crippen LogP contribution in [-0.4, -0.2) is 17.2 Å². The summed E-state index contributed by atoms with van der Waals surface area (Å²) >= 11 is 3.35. The number of rotatable bonds is 3. The summed E-state index contributed by atoms with van der Waals surface area (Å²) in [7, 11) is 0. The molecule has 3 nitrogen and oxygen atoms in total. The van der Waals surface area contributed by atoms with E-state index in [1.807, 2.05) is 13.0 Å². The molecule has 4 heteroatoms. The first-order valence-corrected chi connectivity index (χ1v) is 4.95. The van der Waals surface area contributed by atoms with Crippen molar-refractivity contribution in [2.24, 2.45) is 0 Å². The van der Waals surface area contributed by atoms with Crippen LogP contribution in [0.5, 0.6) is 5.75 Å². The van der Waals surface area contributed by atoms with Crippen LogP contribution in [0.1, 0.15) is 12.5 Å². The van der Waals surface area contributed by atoms with Gasteiger partial charge in [0.1, 0.15) is 5.75 Å². The third-order valence-electron chi connectivity index (χ3n) is 1.79. The average Bonchev–Trinajstić information content (AvgIpc) is 2.11. The zero-order valence-electron chi connectivity index (χ0n) is 7.95. The average molecular weight is 259 g/mol. The van der Waals surface area contributed by atoms with Gasteiger partial charge in [-0.3, -0.25) is 0 Å². The third-order valence-corrected chi connectivity index (χ3v) is 2.68. The molecule has 1 aromatic rings. The van der Waals surface area contributed by atoms with Crippen molar-refractivity contribution in [2.75, 3.05) is 0 Å². The molecule has 0 unspecified atom stereocenters. The molecule has 1 atom stereocenters. The first-order chi connectivity index (χ1) is 6.50. The molecule has 0 saturated carbocycles. The molecule has 0 aliphatic carbocycles. The molecule has 0 heterocycles. The molecule has 0 bridgehead atoms. The van der Waals surface area contributed by atoms with Gasteiger partial charge in [-0.25, -0.2) is 4.79 Å². The number of aliphatic carboxylic acids is 1. The highest BCUT2D eigenvalue weighted by atomic mass is 79.9. The monoisotopic (exact) mass is 258 g/mol. The fourth-order valence-electron chi connectivity index (χ4n) is 0.945. The maximum absolute atomic E-state index is 10.5. The zero-order chi connectivity index (χ0) is 10.7. The van der Waals surface area contributed by atoms with E-state index < -0.39 is 12.1 Å². The third kappa shape index (κ3) is 2.73. The van der Waals surface area contributed by atoms with Crippen molar-refractivity contribution in [3.05, 3.63) is 28.2 Å². The zero-order valence-corrected chi connectivity index (χ0v) is 9.54. The Hall–Kier alpha value is -1.03.